The van der Waals surface area contributed by atoms with E-state index in [9.17, 15) is 29.5 Å². The van der Waals surface area contributed by atoms with Crippen LogP contribution in [0.3, 0.4) is 0 Å². The van der Waals surface area contributed by atoms with Gasteiger partial charge in [-0.15, -0.1) is 0 Å². The van der Waals surface area contributed by atoms with Gasteiger partial charge in [-0.25, -0.2) is 0 Å². The van der Waals surface area contributed by atoms with Crippen LogP contribution in [0, 0.1) is 11.8 Å². The van der Waals surface area contributed by atoms with Gasteiger partial charge in [0.2, 0.25) is 5.91 Å². The summed E-state index contributed by atoms with van der Waals surface area (Å²) in [6.07, 6.45) is 5.39. The van der Waals surface area contributed by atoms with Crippen molar-refractivity contribution in [3.8, 4) is 0 Å². The largest absolute Gasteiger partial charge is 0.479 e. The van der Waals surface area contributed by atoms with Crippen molar-refractivity contribution in [2.45, 2.75) is 63.5 Å². The predicted octanol–water partition coefficient (Wildman–Crippen LogP) is -1.25. The van der Waals surface area contributed by atoms with Gasteiger partial charge in [0.05, 0.1) is 23.7 Å². The molecule has 2 rings (SSSR count). The molecule has 0 saturated heterocycles. The molecule has 0 bridgehead atoms. The average Bonchev–Trinajstić information content (AvgIpc) is 3.60. The number of hydrogen-bond donors (Lipinski definition) is 7. The van der Waals surface area contributed by atoms with E-state index >= 15 is 0 Å². The summed E-state index contributed by atoms with van der Waals surface area (Å²) in [6.45, 7) is 3.92. The van der Waals surface area contributed by atoms with Crippen LogP contribution in [0.5, 0.6) is 0 Å². The van der Waals surface area contributed by atoms with E-state index in [2.05, 4.69) is 25.9 Å². The molecule has 0 aliphatic heterocycles. The van der Waals surface area contributed by atoms with E-state index in [1.807, 2.05) is 13.8 Å². The summed E-state index contributed by atoms with van der Waals surface area (Å²) < 4.78 is 0. The molecule has 0 spiro atoms. The van der Waals surface area contributed by atoms with Gasteiger partial charge in [-0.05, 0) is 49.7 Å². The van der Waals surface area contributed by atoms with Crippen LogP contribution in [-0.2, 0) is 9.59 Å². The molecule has 4 atom stereocenters. The zero-order valence-electron chi connectivity index (χ0n) is 20.8. The number of aliphatic imine (C=N–C) groups is 1. The summed E-state index contributed by atoms with van der Waals surface area (Å²) in [6, 6.07) is 1.83. The maximum absolute atomic E-state index is 13.2. The Kier molecular flexibility index (Phi) is 11.3. The van der Waals surface area contributed by atoms with Crippen LogP contribution >= 0.6 is 0 Å². The normalized spacial score (nSPS) is 20.8. The van der Waals surface area contributed by atoms with E-state index in [1.165, 1.54) is 12.4 Å². The van der Waals surface area contributed by atoms with Crippen LogP contribution in [0.15, 0.2) is 29.5 Å². The van der Waals surface area contributed by atoms with Gasteiger partial charge in [-0.2, -0.15) is 0 Å². The standard InChI is InChI=1S/C23H37BN6O6/c1-15(2)18-12-23(18,24(35)36)30-21(34)19(29-20(33)16-6-3-9-26-13-16)8-4-10-27-22(25)28-17(14-32)7-5-11-31/h3,6,9,11,13,15,17-19,32,35-36H,4-5,7-8,10,12,14H2,1-2H3,(H,29,33)(H,30,34)(H3,25,27,28)/t17?,18-,19-,23?/m0/s1. The summed E-state index contributed by atoms with van der Waals surface area (Å²) in [5, 5.41) is 37.6. The maximum Gasteiger partial charge on any atom is 0.479 e. The third-order valence-corrected chi connectivity index (χ3v) is 6.36. The molecule has 8 N–H and O–H groups in total. The number of pyridine rings is 1. The minimum atomic E-state index is -1.72. The van der Waals surface area contributed by atoms with Crippen LogP contribution in [0.4, 0.5) is 0 Å². The van der Waals surface area contributed by atoms with Crippen LogP contribution in [0.1, 0.15) is 56.3 Å². The van der Waals surface area contributed by atoms with Crippen molar-refractivity contribution in [3.63, 3.8) is 0 Å². The van der Waals surface area contributed by atoms with Crippen LogP contribution in [0.2, 0.25) is 0 Å². The van der Waals surface area contributed by atoms with Crippen molar-refractivity contribution in [2.75, 3.05) is 13.2 Å². The first-order valence-electron chi connectivity index (χ1n) is 12.1. The van der Waals surface area contributed by atoms with Gasteiger partial charge in [0.15, 0.2) is 5.96 Å². The molecule has 0 radical (unpaired) electrons. The zero-order valence-corrected chi connectivity index (χ0v) is 20.8. The second kappa shape index (κ2) is 13.9. The van der Waals surface area contributed by atoms with Crippen molar-refractivity contribution < 1.29 is 29.5 Å². The molecule has 1 saturated carbocycles. The molecule has 13 heteroatoms. The van der Waals surface area contributed by atoms with Gasteiger partial charge in [0.1, 0.15) is 12.3 Å². The molecule has 12 nitrogen and oxygen atoms in total. The number of nitrogens with two attached hydrogens (primary N) is 1. The Balaban J connectivity index is 2.03. The van der Waals surface area contributed by atoms with Crippen molar-refractivity contribution in [3.05, 3.63) is 30.1 Å². The van der Waals surface area contributed by atoms with Gasteiger partial charge in [-0.1, -0.05) is 13.8 Å². The third kappa shape index (κ3) is 8.28. The number of amides is 2. The van der Waals surface area contributed by atoms with Crippen molar-refractivity contribution in [1.82, 2.24) is 20.9 Å². The van der Waals surface area contributed by atoms with Gasteiger partial charge in [0, 0.05) is 25.4 Å². The first-order valence-corrected chi connectivity index (χ1v) is 12.1. The molecule has 1 aromatic heterocycles. The highest BCUT2D eigenvalue weighted by Crippen LogP contribution is 2.49. The summed E-state index contributed by atoms with van der Waals surface area (Å²) in [4.78, 5) is 44.5. The monoisotopic (exact) mass is 504 g/mol. The predicted molar refractivity (Wildman–Crippen MR) is 135 cm³/mol. The molecule has 36 heavy (non-hydrogen) atoms. The number of aldehydes is 1. The Hall–Kier alpha value is -3.03. The Labute approximate surface area is 211 Å². The minimum Gasteiger partial charge on any atom is -0.426 e. The molecule has 198 valence electrons. The zero-order chi connectivity index (χ0) is 26.7. The van der Waals surface area contributed by atoms with E-state index in [4.69, 9.17) is 5.73 Å². The number of rotatable bonds is 15. The van der Waals surface area contributed by atoms with Gasteiger partial charge < -0.3 is 41.6 Å². The molecule has 1 aliphatic rings. The topological polar surface area (TPSA) is 199 Å². The number of nitrogens with one attached hydrogen (secondary N) is 3. The van der Waals surface area contributed by atoms with E-state index in [0.717, 1.165) is 6.29 Å². The lowest BCUT2D eigenvalue weighted by Crippen LogP contribution is -2.57. The minimum absolute atomic E-state index is 0.0923. The van der Waals surface area contributed by atoms with Gasteiger partial charge in [-0.3, -0.25) is 19.6 Å². The van der Waals surface area contributed by atoms with Crippen LogP contribution < -0.4 is 21.7 Å². The lowest BCUT2D eigenvalue weighted by Gasteiger charge is -2.24. The second-order valence-electron chi connectivity index (χ2n) is 9.40. The van der Waals surface area contributed by atoms with Crippen molar-refractivity contribution >= 4 is 31.2 Å². The highest BCUT2D eigenvalue weighted by Gasteiger charge is 2.64. The highest BCUT2D eigenvalue weighted by atomic mass is 16.4. The number of hydrogen-bond acceptors (Lipinski definition) is 8. The summed E-state index contributed by atoms with van der Waals surface area (Å²) >= 11 is 0. The molecule has 1 aliphatic carbocycles. The molecule has 1 heterocycles. The lowest BCUT2D eigenvalue weighted by atomic mass is 9.72. The highest BCUT2D eigenvalue weighted by molar-refractivity contribution is 6.47. The van der Waals surface area contributed by atoms with E-state index in [1.54, 1.807) is 12.1 Å². The Bertz CT molecular complexity index is 902. The third-order valence-electron chi connectivity index (χ3n) is 6.36. The lowest BCUT2D eigenvalue weighted by molar-refractivity contribution is -0.124. The van der Waals surface area contributed by atoms with E-state index in [-0.39, 0.29) is 49.4 Å². The molecule has 1 aromatic rings. The fourth-order valence-corrected chi connectivity index (χ4v) is 4.19. The number of aromatic nitrogens is 1. The van der Waals surface area contributed by atoms with Crippen LogP contribution in [0.25, 0.3) is 0 Å². The molecule has 2 amide bonds. The number of carbonyl (C=O) groups is 3. The summed E-state index contributed by atoms with van der Waals surface area (Å²) in [7, 11) is -1.72. The Morgan fingerprint density at radius 2 is 2.08 bits per heavy atom. The number of aliphatic hydroxyl groups is 1. The summed E-state index contributed by atoms with van der Waals surface area (Å²) in [5.74, 6) is -0.864. The number of guanidine groups is 1. The second-order valence-corrected chi connectivity index (χ2v) is 9.40. The number of nitrogens with zero attached hydrogens (tertiary/aromatic N) is 2. The molecular weight excluding hydrogens is 467 g/mol. The SMILES string of the molecule is CC(C)[C@@H]1CC1(NC(=O)[C@H](CCCN=C(N)NC(CO)CCC=O)NC(=O)c1cccnc1)B(O)O. The van der Waals surface area contributed by atoms with E-state index in [0.29, 0.717) is 19.3 Å². The first kappa shape index (κ1) is 29.2. The smallest absolute Gasteiger partial charge is 0.426 e. The quantitative estimate of drug-likeness (QED) is 0.0501. The summed E-state index contributed by atoms with van der Waals surface area (Å²) in [5.41, 5.74) is 5.00. The molecular formula is C23H37BN6O6. The first-order chi connectivity index (χ1) is 17.1. The average molecular weight is 504 g/mol. The van der Waals surface area contributed by atoms with Crippen LogP contribution in [-0.4, -0.2) is 82.0 Å². The maximum atomic E-state index is 13.2. The number of aliphatic hydroxyl groups excluding tert-OH is 1. The fraction of sp³-hybridized carbons (Fsp3) is 0.609. The Morgan fingerprint density at radius 3 is 2.64 bits per heavy atom. The van der Waals surface area contributed by atoms with Crippen molar-refractivity contribution in [2.24, 2.45) is 22.6 Å². The molecule has 2 unspecified atom stereocenters. The van der Waals surface area contributed by atoms with Gasteiger partial charge >= 0.3 is 7.12 Å². The van der Waals surface area contributed by atoms with Crippen molar-refractivity contribution in [1.29, 1.82) is 0 Å². The fourth-order valence-electron chi connectivity index (χ4n) is 4.19. The van der Waals surface area contributed by atoms with E-state index < -0.39 is 36.5 Å². The Morgan fingerprint density at radius 1 is 1.33 bits per heavy atom. The molecule has 1 fully saturated rings. The van der Waals surface area contributed by atoms with Gasteiger partial charge in [0.25, 0.3) is 5.91 Å². The molecule has 0 aromatic carbocycles. The number of carbonyl (C=O) groups excluding carboxylic acids is 3.